The van der Waals surface area contributed by atoms with Crippen LogP contribution in [-0.2, 0) is 0 Å². The lowest BCUT2D eigenvalue weighted by molar-refractivity contribution is 0.339. The molecular formula is C13H10F3NO2. The maximum atomic E-state index is 13.3. The molecule has 19 heavy (non-hydrogen) atoms. The van der Waals surface area contributed by atoms with Crippen LogP contribution in [0, 0.1) is 17.6 Å². The van der Waals surface area contributed by atoms with Gasteiger partial charge in [0.05, 0.1) is 6.61 Å². The molecular weight excluding hydrogens is 259 g/mol. The number of hydrogen-bond acceptors (Lipinski definition) is 3. The molecule has 1 aromatic heterocycles. The molecule has 0 fully saturated rings. The SMILES string of the molecule is CCOc1ccc(Oc2nc(F)c(F)cc2F)cc1. The van der Waals surface area contributed by atoms with Crippen LogP contribution in [0.15, 0.2) is 30.3 Å². The summed E-state index contributed by atoms with van der Waals surface area (Å²) in [5, 5.41) is 0. The predicted octanol–water partition coefficient (Wildman–Crippen LogP) is 3.69. The van der Waals surface area contributed by atoms with E-state index in [-0.39, 0.29) is 5.75 Å². The fraction of sp³-hybridized carbons (Fsp3) is 0.154. The van der Waals surface area contributed by atoms with Crippen molar-refractivity contribution in [1.82, 2.24) is 4.98 Å². The molecule has 6 heteroatoms. The van der Waals surface area contributed by atoms with Gasteiger partial charge in [-0.05, 0) is 31.2 Å². The molecule has 0 aliphatic carbocycles. The van der Waals surface area contributed by atoms with Crippen LogP contribution in [0.5, 0.6) is 17.4 Å². The van der Waals surface area contributed by atoms with E-state index in [1.54, 1.807) is 12.1 Å². The van der Waals surface area contributed by atoms with Crippen molar-refractivity contribution in [2.45, 2.75) is 6.92 Å². The lowest BCUT2D eigenvalue weighted by atomic mass is 10.3. The zero-order valence-electron chi connectivity index (χ0n) is 9.99. The van der Waals surface area contributed by atoms with Crippen molar-refractivity contribution in [3.8, 4) is 17.4 Å². The van der Waals surface area contributed by atoms with Crippen molar-refractivity contribution >= 4 is 0 Å². The van der Waals surface area contributed by atoms with Crippen LogP contribution in [0.1, 0.15) is 6.92 Å². The summed E-state index contributed by atoms with van der Waals surface area (Å²) in [7, 11) is 0. The molecule has 2 rings (SSSR count). The molecule has 2 aromatic rings. The van der Waals surface area contributed by atoms with Gasteiger partial charge >= 0.3 is 0 Å². The molecule has 0 aliphatic rings. The molecule has 100 valence electrons. The van der Waals surface area contributed by atoms with E-state index in [9.17, 15) is 13.2 Å². The molecule has 0 aliphatic heterocycles. The number of halogens is 3. The van der Waals surface area contributed by atoms with Crippen molar-refractivity contribution in [1.29, 1.82) is 0 Å². The fourth-order valence-corrected chi connectivity index (χ4v) is 1.38. The van der Waals surface area contributed by atoms with Crippen LogP contribution in [-0.4, -0.2) is 11.6 Å². The lowest BCUT2D eigenvalue weighted by Gasteiger charge is -2.07. The zero-order chi connectivity index (χ0) is 13.8. The van der Waals surface area contributed by atoms with Crippen molar-refractivity contribution in [3.63, 3.8) is 0 Å². The Morgan fingerprint density at radius 3 is 2.26 bits per heavy atom. The molecule has 0 bridgehead atoms. The zero-order valence-corrected chi connectivity index (χ0v) is 9.99. The Hall–Kier alpha value is -2.24. The number of nitrogens with zero attached hydrogens (tertiary/aromatic N) is 1. The summed E-state index contributed by atoms with van der Waals surface area (Å²) in [6.45, 7) is 2.35. The molecule has 0 N–H and O–H groups in total. The van der Waals surface area contributed by atoms with E-state index in [1.807, 2.05) is 6.92 Å². The van der Waals surface area contributed by atoms with Crippen LogP contribution in [0.4, 0.5) is 13.2 Å². The first kappa shape index (κ1) is 13.2. The van der Waals surface area contributed by atoms with Gasteiger partial charge in [-0.2, -0.15) is 9.37 Å². The van der Waals surface area contributed by atoms with E-state index in [0.29, 0.717) is 18.4 Å². The summed E-state index contributed by atoms with van der Waals surface area (Å²) in [6, 6.07) is 6.61. The number of ether oxygens (including phenoxy) is 2. The Morgan fingerprint density at radius 2 is 1.63 bits per heavy atom. The Morgan fingerprint density at radius 1 is 1.00 bits per heavy atom. The molecule has 0 saturated carbocycles. The monoisotopic (exact) mass is 269 g/mol. The Kier molecular flexibility index (Phi) is 3.89. The van der Waals surface area contributed by atoms with Crippen molar-refractivity contribution in [2.24, 2.45) is 0 Å². The second-order valence-corrected chi connectivity index (χ2v) is 3.55. The van der Waals surface area contributed by atoms with Crippen molar-refractivity contribution < 1.29 is 22.6 Å². The third-order valence-electron chi connectivity index (χ3n) is 2.20. The van der Waals surface area contributed by atoms with Gasteiger partial charge in [0.15, 0.2) is 11.6 Å². The van der Waals surface area contributed by atoms with Crippen LogP contribution in [0.2, 0.25) is 0 Å². The van der Waals surface area contributed by atoms with Gasteiger partial charge in [0.25, 0.3) is 11.8 Å². The van der Waals surface area contributed by atoms with Gasteiger partial charge in [-0.1, -0.05) is 0 Å². The smallest absolute Gasteiger partial charge is 0.258 e. The first-order chi connectivity index (χ1) is 9.10. The molecule has 0 saturated heterocycles. The Labute approximate surface area is 107 Å². The summed E-state index contributed by atoms with van der Waals surface area (Å²) in [4.78, 5) is 3.06. The highest BCUT2D eigenvalue weighted by molar-refractivity contribution is 5.33. The number of rotatable bonds is 4. The predicted molar refractivity (Wildman–Crippen MR) is 61.8 cm³/mol. The van der Waals surface area contributed by atoms with Crippen molar-refractivity contribution in [2.75, 3.05) is 6.61 Å². The van der Waals surface area contributed by atoms with Crippen LogP contribution >= 0.6 is 0 Å². The molecule has 0 amide bonds. The highest BCUT2D eigenvalue weighted by Crippen LogP contribution is 2.25. The van der Waals surface area contributed by atoms with E-state index in [4.69, 9.17) is 9.47 Å². The van der Waals surface area contributed by atoms with Gasteiger partial charge in [0, 0.05) is 6.07 Å². The maximum absolute atomic E-state index is 13.3. The minimum absolute atomic E-state index is 0.237. The molecule has 1 aromatic carbocycles. The molecule has 0 radical (unpaired) electrons. The van der Waals surface area contributed by atoms with E-state index in [1.165, 1.54) is 12.1 Å². The van der Waals surface area contributed by atoms with Gasteiger partial charge in [-0.15, -0.1) is 0 Å². The third kappa shape index (κ3) is 3.15. The van der Waals surface area contributed by atoms with E-state index in [2.05, 4.69) is 4.98 Å². The Bertz CT molecular complexity index is 573. The number of benzene rings is 1. The van der Waals surface area contributed by atoms with Crippen LogP contribution in [0.25, 0.3) is 0 Å². The quantitative estimate of drug-likeness (QED) is 0.793. The molecule has 3 nitrogen and oxygen atoms in total. The van der Waals surface area contributed by atoms with Gasteiger partial charge in [-0.25, -0.2) is 8.78 Å². The van der Waals surface area contributed by atoms with E-state index in [0.717, 1.165) is 0 Å². The lowest BCUT2D eigenvalue weighted by Crippen LogP contribution is -1.98. The average molecular weight is 269 g/mol. The minimum Gasteiger partial charge on any atom is -0.494 e. The van der Waals surface area contributed by atoms with Gasteiger partial charge in [0.2, 0.25) is 0 Å². The number of pyridine rings is 1. The van der Waals surface area contributed by atoms with Crippen LogP contribution < -0.4 is 9.47 Å². The molecule has 0 spiro atoms. The normalized spacial score (nSPS) is 10.3. The summed E-state index contributed by atoms with van der Waals surface area (Å²) in [5.74, 6) is -3.62. The fourth-order valence-electron chi connectivity index (χ4n) is 1.38. The van der Waals surface area contributed by atoms with Crippen LogP contribution in [0.3, 0.4) is 0 Å². The number of hydrogen-bond donors (Lipinski definition) is 0. The van der Waals surface area contributed by atoms with Gasteiger partial charge < -0.3 is 9.47 Å². The summed E-state index contributed by atoms with van der Waals surface area (Å²) in [5.41, 5.74) is 0. The highest BCUT2D eigenvalue weighted by Gasteiger charge is 2.13. The highest BCUT2D eigenvalue weighted by atomic mass is 19.2. The average Bonchev–Trinajstić information content (AvgIpc) is 2.38. The second kappa shape index (κ2) is 5.60. The topological polar surface area (TPSA) is 31.4 Å². The summed E-state index contributed by atoms with van der Waals surface area (Å²) in [6.07, 6.45) is 0. The molecule has 1 heterocycles. The maximum Gasteiger partial charge on any atom is 0.258 e. The van der Waals surface area contributed by atoms with Crippen molar-refractivity contribution in [3.05, 3.63) is 47.9 Å². The van der Waals surface area contributed by atoms with Gasteiger partial charge in [0.1, 0.15) is 11.5 Å². The van der Waals surface area contributed by atoms with E-state index < -0.39 is 23.5 Å². The third-order valence-corrected chi connectivity index (χ3v) is 2.20. The first-order valence-electron chi connectivity index (χ1n) is 5.52. The molecule has 0 unspecified atom stereocenters. The first-order valence-corrected chi connectivity index (χ1v) is 5.52. The standard InChI is InChI=1S/C13H10F3NO2/c1-2-18-8-3-5-9(6-4-8)19-13-11(15)7-10(14)12(16)17-13/h3-7H,2H2,1H3. The molecule has 0 atom stereocenters. The second-order valence-electron chi connectivity index (χ2n) is 3.55. The summed E-state index contributed by atoms with van der Waals surface area (Å²) >= 11 is 0. The van der Waals surface area contributed by atoms with E-state index >= 15 is 0 Å². The summed E-state index contributed by atoms with van der Waals surface area (Å²) < 4.78 is 49.1. The number of aromatic nitrogens is 1. The van der Waals surface area contributed by atoms with Gasteiger partial charge in [-0.3, -0.25) is 0 Å². The largest absolute Gasteiger partial charge is 0.494 e. The minimum atomic E-state index is -1.41. The Balaban J connectivity index is 2.19.